The van der Waals surface area contributed by atoms with E-state index in [1.807, 2.05) is 45.0 Å². The fourth-order valence-electron chi connectivity index (χ4n) is 3.26. The van der Waals surface area contributed by atoms with E-state index in [0.717, 1.165) is 38.0 Å². The molecule has 0 aromatic heterocycles. The van der Waals surface area contributed by atoms with Crippen LogP contribution in [0.5, 0.6) is 0 Å². The molecule has 6 heteroatoms. The average Bonchev–Trinajstić information content (AvgIpc) is 2.99. The molecule has 1 saturated heterocycles. The number of nitriles is 1. The molecule has 1 aromatic rings. The quantitative estimate of drug-likeness (QED) is 0.769. The summed E-state index contributed by atoms with van der Waals surface area (Å²) in [6.07, 6.45) is 2.30. The summed E-state index contributed by atoms with van der Waals surface area (Å²) in [5.74, 6) is 0. The monoisotopic (exact) mass is 372 g/mol. The summed E-state index contributed by atoms with van der Waals surface area (Å²) in [5, 5.41) is 15.5. The van der Waals surface area contributed by atoms with Gasteiger partial charge in [0.25, 0.3) is 0 Å². The molecule has 1 aromatic carbocycles. The van der Waals surface area contributed by atoms with Crippen LogP contribution in [0.4, 0.5) is 4.79 Å². The summed E-state index contributed by atoms with van der Waals surface area (Å²) >= 11 is 0. The molecular formula is C21H32N4O2. The first-order chi connectivity index (χ1) is 12.7. The van der Waals surface area contributed by atoms with E-state index in [-0.39, 0.29) is 12.1 Å². The molecule has 0 aliphatic carbocycles. The first-order valence-corrected chi connectivity index (χ1v) is 9.65. The highest BCUT2D eigenvalue weighted by Gasteiger charge is 2.21. The third-order valence-electron chi connectivity index (χ3n) is 4.60. The number of carbonyl (C=O) groups is 1. The largest absolute Gasteiger partial charge is 0.444 e. The van der Waals surface area contributed by atoms with Crippen LogP contribution in [0.1, 0.15) is 44.7 Å². The lowest BCUT2D eigenvalue weighted by molar-refractivity contribution is 0.0501. The zero-order valence-corrected chi connectivity index (χ0v) is 16.9. The van der Waals surface area contributed by atoms with Crippen molar-refractivity contribution in [3.63, 3.8) is 0 Å². The number of amides is 1. The molecule has 1 aliphatic rings. The van der Waals surface area contributed by atoms with E-state index < -0.39 is 5.60 Å². The van der Waals surface area contributed by atoms with Crippen LogP contribution >= 0.6 is 0 Å². The van der Waals surface area contributed by atoms with Gasteiger partial charge in [0.1, 0.15) is 5.60 Å². The van der Waals surface area contributed by atoms with Crippen molar-refractivity contribution in [3.8, 4) is 6.07 Å². The van der Waals surface area contributed by atoms with Crippen molar-refractivity contribution in [2.75, 3.05) is 26.7 Å². The smallest absolute Gasteiger partial charge is 0.407 e. The summed E-state index contributed by atoms with van der Waals surface area (Å²) in [7, 11) is 2.14. The predicted octanol–water partition coefficient (Wildman–Crippen LogP) is 2.68. The Hall–Kier alpha value is -2.10. The molecule has 0 radical (unpaired) electrons. The number of carbonyl (C=O) groups excluding carboxylic acids is 1. The molecule has 2 atom stereocenters. The van der Waals surface area contributed by atoms with Crippen LogP contribution in [-0.2, 0) is 11.2 Å². The topological polar surface area (TPSA) is 77.4 Å². The van der Waals surface area contributed by atoms with Crippen LogP contribution in [0, 0.1) is 11.3 Å². The molecule has 1 heterocycles. The lowest BCUT2D eigenvalue weighted by Crippen LogP contribution is -2.42. The van der Waals surface area contributed by atoms with E-state index in [1.54, 1.807) is 0 Å². The van der Waals surface area contributed by atoms with E-state index in [1.165, 1.54) is 0 Å². The van der Waals surface area contributed by atoms with Crippen molar-refractivity contribution in [2.24, 2.45) is 0 Å². The summed E-state index contributed by atoms with van der Waals surface area (Å²) in [6.45, 7) is 8.62. The number of hydrogen-bond acceptors (Lipinski definition) is 5. The molecule has 6 nitrogen and oxygen atoms in total. The Balaban J connectivity index is 1.91. The van der Waals surface area contributed by atoms with Crippen molar-refractivity contribution in [1.29, 1.82) is 5.26 Å². The zero-order chi connectivity index (χ0) is 19.9. The fraction of sp³-hybridized carbons (Fsp3) is 0.619. The number of ether oxygens (including phenoxy) is 1. The third kappa shape index (κ3) is 7.98. The number of rotatable bonds is 7. The number of alkyl carbamates (subject to hydrolysis) is 1. The summed E-state index contributed by atoms with van der Waals surface area (Å²) in [6, 6.07) is 10.1. The first kappa shape index (κ1) is 21.2. The highest BCUT2D eigenvalue weighted by molar-refractivity contribution is 5.68. The number of nitrogens with one attached hydrogen (secondary N) is 2. The molecular weight excluding hydrogens is 340 g/mol. The van der Waals surface area contributed by atoms with Crippen LogP contribution < -0.4 is 10.6 Å². The van der Waals surface area contributed by atoms with E-state index in [9.17, 15) is 4.79 Å². The van der Waals surface area contributed by atoms with Crippen LogP contribution in [0.15, 0.2) is 24.3 Å². The van der Waals surface area contributed by atoms with Crippen LogP contribution in [0.2, 0.25) is 0 Å². The van der Waals surface area contributed by atoms with Crippen molar-refractivity contribution in [2.45, 2.75) is 57.7 Å². The maximum atomic E-state index is 12.2. The lowest BCUT2D eigenvalue weighted by atomic mass is 10.0. The number of hydrogen-bond donors (Lipinski definition) is 2. The first-order valence-electron chi connectivity index (χ1n) is 9.65. The maximum Gasteiger partial charge on any atom is 0.407 e. The van der Waals surface area contributed by atoms with Gasteiger partial charge >= 0.3 is 6.09 Å². The van der Waals surface area contributed by atoms with Gasteiger partial charge in [0.2, 0.25) is 0 Å². The Labute approximate surface area is 162 Å². The maximum absolute atomic E-state index is 12.2. The molecule has 0 unspecified atom stereocenters. The van der Waals surface area contributed by atoms with Gasteiger partial charge in [-0.05, 0) is 77.9 Å². The van der Waals surface area contributed by atoms with Gasteiger partial charge in [-0.1, -0.05) is 12.1 Å². The molecule has 0 bridgehead atoms. The summed E-state index contributed by atoms with van der Waals surface area (Å²) in [4.78, 5) is 14.5. The zero-order valence-electron chi connectivity index (χ0n) is 16.9. The van der Waals surface area contributed by atoms with Crippen LogP contribution in [0.3, 0.4) is 0 Å². The standard InChI is InChI=1S/C21H32N4O2/c1-21(2,3)27-20(26)24-18(9-11-23-19-10-12-25(4)15-19)13-16-5-7-17(14-22)8-6-16/h5-8,18-19,23H,9-13,15H2,1-4H3,(H,24,26)/t18-,19+/m0/s1. The highest BCUT2D eigenvalue weighted by atomic mass is 16.6. The molecule has 0 saturated carbocycles. The van der Waals surface area contributed by atoms with Gasteiger partial charge in [-0.2, -0.15) is 5.26 Å². The van der Waals surface area contributed by atoms with Crippen LogP contribution in [-0.4, -0.2) is 55.4 Å². The van der Waals surface area contributed by atoms with Crippen molar-refractivity contribution >= 4 is 6.09 Å². The third-order valence-corrected chi connectivity index (χ3v) is 4.60. The normalized spacial score (nSPS) is 18.7. The second kappa shape index (κ2) is 9.72. The molecule has 1 fully saturated rings. The highest BCUT2D eigenvalue weighted by Crippen LogP contribution is 2.12. The second-order valence-electron chi connectivity index (χ2n) is 8.35. The fourth-order valence-corrected chi connectivity index (χ4v) is 3.26. The van der Waals surface area contributed by atoms with Crippen molar-refractivity contribution in [3.05, 3.63) is 35.4 Å². The molecule has 2 N–H and O–H groups in total. The SMILES string of the molecule is CN1CC[C@@H](NCC[C@@H](Cc2ccc(C#N)cc2)NC(=O)OC(C)(C)C)C1. The minimum absolute atomic E-state index is 0.0283. The molecule has 0 spiro atoms. The predicted molar refractivity (Wildman–Crippen MR) is 107 cm³/mol. The molecule has 1 aliphatic heterocycles. The Morgan fingerprint density at radius 2 is 2.07 bits per heavy atom. The van der Waals surface area contributed by atoms with E-state index in [4.69, 9.17) is 10.00 Å². The van der Waals surface area contributed by atoms with Gasteiger partial charge in [-0.25, -0.2) is 4.79 Å². The number of likely N-dealkylation sites (N-methyl/N-ethyl adjacent to an activating group) is 1. The van der Waals surface area contributed by atoms with E-state index in [2.05, 4.69) is 28.7 Å². The van der Waals surface area contributed by atoms with E-state index in [0.29, 0.717) is 18.0 Å². The average molecular weight is 373 g/mol. The molecule has 27 heavy (non-hydrogen) atoms. The molecule has 148 valence electrons. The second-order valence-corrected chi connectivity index (χ2v) is 8.35. The Morgan fingerprint density at radius 1 is 1.37 bits per heavy atom. The van der Waals surface area contributed by atoms with Gasteiger partial charge in [0, 0.05) is 18.6 Å². The number of benzene rings is 1. The van der Waals surface area contributed by atoms with Crippen LogP contribution in [0.25, 0.3) is 0 Å². The Morgan fingerprint density at radius 3 is 2.63 bits per heavy atom. The minimum Gasteiger partial charge on any atom is -0.444 e. The summed E-state index contributed by atoms with van der Waals surface area (Å²) < 4.78 is 5.42. The Bertz CT molecular complexity index is 646. The van der Waals surface area contributed by atoms with Gasteiger partial charge in [-0.15, -0.1) is 0 Å². The van der Waals surface area contributed by atoms with Crippen molar-refractivity contribution in [1.82, 2.24) is 15.5 Å². The number of likely N-dealkylation sites (tertiary alicyclic amines) is 1. The van der Waals surface area contributed by atoms with Crippen molar-refractivity contribution < 1.29 is 9.53 Å². The molecule has 1 amide bonds. The molecule has 2 rings (SSSR count). The van der Waals surface area contributed by atoms with Gasteiger partial charge in [-0.3, -0.25) is 0 Å². The van der Waals surface area contributed by atoms with Gasteiger partial charge in [0.05, 0.1) is 11.6 Å². The van der Waals surface area contributed by atoms with E-state index >= 15 is 0 Å². The summed E-state index contributed by atoms with van der Waals surface area (Å²) in [5.41, 5.74) is 1.22. The lowest BCUT2D eigenvalue weighted by Gasteiger charge is -2.24. The van der Waals surface area contributed by atoms with Gasteiger partial charge < -0.3 is 20.3 Å². The van der Waals surface area contributed by atoms with Gasteiger partial charge in [0.15, 0.2) is 0 Å². The minimum atomic E-state index is -0.518. The number of nitrogens with zero attached hydrogens (tertiary/aromatic N) is 2. The Kier molecular flexibility index (Phi) is 7.64.